The molecule has 1 amide bonds. The molecule has 0 spiro atoms. The molecule has 3 aromatic carbocycles. The summed E-state index contributed by atoms with van der Waals surface area (Å²) in [6.45, 7) is 0.288. The van der Waals surface area contributed by atoms with Crippen molar-refractivity contribution in [1.82, 2.24) is 0 Å². The minimum Gasteiger partial charge on any atom is -0.497 e. The second kappa shape index (κ2) is 9.11. The zero-order valence-electron chi connectivity index (χ0n) is 18.2. The fraction of sp³-hybridized carbons (Fsp3) is 0.208. The third-order valence-corrected chi connectivity index (χ3v) is 7.30. The molecule has 1 aliphatic rings. The second-order valence-electron chi connectivity index (χ2n) is 7.50. The van der Waals surface area contributed by atoms with Crippen LogP contribution in [0.5, 0.6) is 11.5 Å². The van der Waals surface area contributed by atoms with E-state index in [-0.39, 0.29) is 11.4 Å². The molecule has 0 saturated heterocycles. The summed E-state index contributed by atoms with van der Waals surface area (Å²) >= 11 is 0. The molecule has 172 valence electrons. The summed E-state index contributed by atoms with van der Waals surface area (Å²) in [7, 11) is -0.906. The van der Waals surface area contributed by atoms with Gasteiger partial charge in [0.15, 0.2) is 0 Å². The van der Waals surface area contributed by atoms with Gasteiger partial charge in [0.25, 0.3) is 15.9 Å². The van der Waals surface area contributed by atoms with Gasteiger partial charge >= 0.3 is 0 Å². The summed E-state index contributed by atoms with van der Waals surface area (Å²) in [4.78, 5) is 12.9. The van der Waals surface area contributed by atoms with E-state index in [2.05, 4.69) is 5.32 Å². The van der Waals surface area contributed by atoms with Gasteiger partial charge in [0.1, 0.15) is 17.3 Å². The highest BCUT2D eigenvalue weighted by Crippen LogP contribution is 2.34. The molecular formula is C24H23FN2O5S. The molecule has 0 saturated carbocycles. The number of benzene rings is 3. The third kappa shape index (κ3) is 4.49. The number of hydrogen-bond acceptors (Lipinski definition) is 5. The number of nitrogens with one attached hydrogen (secondary N) is 1. The first-order chi connectivity index (χ1) is 15.8. The molecule has 0 fully saturated rings. The summed E-state index contributed by atoms with van der Waals surface area (Å²) in [5.74, 6) is -0.00527. The van der Waals surface area contributed by atoms with Crippen LogP contribution in [0.2, 0.25) is 0 Å². The van der Waals surface area contributed by atoms with Gasteiger partial charge in [0.2, 0.25) is 0 Å². The molecule has 0 aromatic heterocycles. The average molecular weight is 471 g/mol. The van der Waals surface area contributed by atoms with Crippen molar-refractivity contribution >= 4 is 27.3 Å². The number of fused-ring (bicyclic) bond motifs is 1. The summed E-state index contributed by atoms with van der Waals surface area (Å²) in [5.41, 5.74) is 2.10. The molecule has 0 radical (unpaired) electrons. The summed E-state index contributed by atoms with van der Waals surface area (Å²) in [6.07, 6.45) is 1.37. The topological polar surface area (TPSA) is 84.9 Å². The van der Waals surface area contributed by atoms with Gasteiger partial charge in [-0.25, -0.2) is 12.8 Å². The zero-order chi connectivity index (χ0) is 23.6. The lowest BCUT2D eigenvalue weighted by molar-refractivity contribution is 0.102. The molecule has 1 N–H and O–H groups in total. The predicted molar refractivity (Wildman–Crippen MR) is 123 cm³/mol. The lowest BCUT2D eigenvalue weighted by Gasteiger charge is -2.31. The quantitative estimate of drug-likeness (QED) is 0.583. The number of carbonyl (C=O) groups excluding carboxylic acids is 1. The Hall–Kier alpha value is -3.59. The Balaban J connectivity index is 1.65. The zero-order valence-corrected chi connectivity index (χ0v) is 19.0. The maximum atomic E-state index is 13.3. The minimum atomic E-state index is -3.89. The number of nitrogens with zero attached hydrogens (tertiary/aromatic N) is 1. The highest BCUT2D eigenvalue weighted by atomic mass is 32.2. The van der Waals surface area contributed by atoms with Crippen LogP contribution in [0.3, 0.4) is 0 Å². The fourth-order valence-corrected chi connectivity index (χ4v) is 5.32. The summed E-state index contributed by atoms with van der Waals surface area (Å²) < 4.78 is 51.6. The van der Waals surface area contributed by atoms with Crippen LogP contribution >= 0.6 is 0 Å². The van der Waals surface area contributed by atoms with E-state index in [4.69, 9.17) is 9.47 Å². The van der Waals surface area contributed by atoms with Crippen molar-refractivity contribution in [3.8, 4) is 11.5 Å². The average Bonchev–Trinajstić information content (AvgIpc) is 2.83. The Kier molecular flexibility index (Phi) is 6.24. The smallest absolute Gasteiger partial charge is 0.264 e. The fourth-order valence-electron chi connectivity index (χ4n) is 3.79. The number of halogens is 1. The number of sulfonamides is 1. The Morgan fingerprint density at radius 3 is 2.45 bits per heavy atom. The van der Waals surface area contributed by atoms with E-state index >= 15 is 0 Å². The maximum absolute atomic E-state index is 13.3. The highest BCUT2D eigenvalue weighted by molar-refractivity contribution is 7.92. The van der Waals surface area contributed by atoms with Gasteiger partial charge in [0.05, 0.1) is 30.4 Å². The third-order valence-electron chi connectivity index (χ3n) is 5.47. The monoisotopic (exact) mass is 470 g/mol. The van der Waals surface area contributed by atoms with Crippen molar-refractivity contribution in [2.75, 3.05) is 30.4 Å². The largest absolute Gasteiger partial charge is 0.497 e. The van der Waals surface area contributed by atoms with Gasteiger partial charge in [0, 0.05) is 18.3 Å². The van der Waals surface area contributed by atoms with Crippen LogP contribution < -0.4 is 19.1 Å². The summed E-state index contributed by atoms with van der Waals surface area (Å²) in [6, 6.07) is 14.8. The van der Waals surface area contributed by atoms with Crippen LogP contribution in [-0.2, 0) is 16.4 Å². The standard InChI is InChI=1S/C24H23FN2O5S/c1-31-19-9-12-21(23(15-19)32-2)24(28)26-18-8-5-16-4-3-13-27(22(16)14-18)33(29,30)20-10-6-17(25)7-11-20/h5-12,14-15H,3-4,13H2,1-2H3,(H,26,28). The van der Waals surface area contributed by atoms with Crippen LogP contribution in [0.4, 0.5) is 15.8 Å². The van der Waals surface area contributed by atoms with Gasteiger partial charge in [-0.15, -0.1) is 0 Å². The Morgan fingerprint density at radius 2 is 1.76 bits per heavy atom. The van der Waals surface area contributed by atoms with Gasteiger partial charge in [-0.3, -0.25) is 9.10 Å². The van der Waals surface area contributed by atoms with Crippen LogP contribution in [0.1, 0.15) is 22.3 Å². The molecule has 1 aliphatic heterocycles. The molecule has 33 heavy (non-hydrogen) atoms. The Bertz CT molecular complexity index is 1290. The van der Waals surface area contributed by atoms with E-state index in [9.17, 15) is 17.6 Å². The molecular weight excluding hydrogens is 447 g/mol. The van der Waals surface area contributed by atoms with E-state index < -0.39 is 21.7 Å². The molecule has 3 aromatic rings. The predicted octanol–water partition coefficient (Wildman–Crippen LogP) is 4.24. The Morgan fingerprint density at radius 1 is 1.00 bits per heavy atom. The van der Waals surface area contributed by atoms with Crippen LogP contribution in [0.25, 0.3) is 0 Å². The van der Waals surface area contributed by atoms with E-state index in [1.807, 2.05) is 6.07 Å². The number of rotatable bonds is 6. The second-order valence-corrected chi connectivity index (χ2v) is 9.36. The number of methoxy groups -OCH3 is 2. The molecule has 0 aliphatic carbocycles. The van der Waals surface area contributed by atoms with E-state index in [1.165, 1.54) is 30.7 Å². The van der Waals surface area contributed by atoms with Gasteiger partial charge < -0.3 is 14.8 Å². The maximum Gasteiger partial charge on any atom is 0.264 e. The molecule has 7 nitrogen and oxygen atoms in total. The first-order valence-electron chi connectivity index (χ1n) is 10.3. The first-order valence-corrected chi connectivity index (χ1v) is 11.7. The minimum absolute atomic E-state index is 0.00848. The van der Waals surface area contributed by atoms with Crippen LogP contribution in [0.15, 0.2) is 65.6 Å². The highest BCUT2D eigenvalue weighted by Gasteiger charge is 2.29. The molecule has 0 bridgehead atoms. The van der Waals surface area contributed by atoms with Crippen molar-refractivity contribution in [2.45, 2.75) is 17.7 Å². The van der Waals surface area contributed by atoms with Gasteiger partial charge in [-0.1, -0.05) is 6.07 Å². The SMILES string of the molecule is COc1ccc(C(=O)Nc2ccc3c(c2)N(S(=O)(=O)c2ccc(F)cc2)CCC3)c(OC)c1. The number of ether oxygens (including phenoxy) is 2. The Labute approximate surface area is 191 Å². The number of hydrogen-bond donors (Lipinski definition) is 1. The van der Waals surface area contributed by atoms with Crippen molar-refractivity contribution in [3.63, 3.8) is 0 Å². The normalized spacial score (nSPS) is 13.2. The molecule has 0 unspecified atom stereocenters. The number of aryl methyl sites for hydroxylation is 1. The van der Waals surface area contributed by atoms with Crippen LogP contribution in [0, 0.1) is 5.82 Å². The van der Waals surface area contributed by atoms with E-state index in [1.54, 1.807) is 30.3 Å². The van der Waals surface area contributed by atoms with Crippen molar-refractivity contribution in [2.24, 2.45) is 0 Å². The van der Waals surface area contributed by atoms with Gasteiger partial charge in [-0.05, 0) is 66.9 Å². The first kappa shape index (κ1) is 22.6. The molecule has 9 heteroatoms. The van der Waals surface area contributed by atoms with Crippen molar-refractivity contribution < 1.29 is 27.1 Å². The van der Waals surface area contributed by atoms with Gasteiger partial charge in [-0.2, -0.15) is 0 Å². The van der Waals surface area contributed by atoms with Crippen molar-refractivity contribution in [3.05, 3.63) is 77.6 Å². The van der Waals surface area contributed by atoms with E-state index in [0.29, 0.717) is 41.3 Å². The lowest BCUT2D eigenvalue weighted by Crippen LogP contribution is -2.35. The number of amides is 1. The number of anilines is 2. The van der Waals surface area contributed by atoms with Crippen molar-refractivity contribution in [1.29, 1.82) is 0 Å². The lowest BCUT2D eigenvalue weighted by atomic mass is 10.0. The van der Waals surface area contributed by atoms with Crippen LogP contribution in [-0.4, -0.2) is 35.1 Å². The van der Waals surface area contributed by atoms with E-state index in [0.717, 1.165) is 17.7 Å². The summed E-state index contributed by atoms with van der Waals surface area (Å²) in [5, 5.41) is 2.81. The molecule has 1 heterocycles. The molecule has 4 rings (SSSR count). The number of carbonyl (C=O) groups is 1. The molecule has 0 atom stereocenters.